The van der Waals surface area contributed by atoms with Crippen LogP contribution in [0.3, 0.4) is 0 Å². The number of thiazole rings is 1. The highest BCUT2D eigenvalue weighted by Crippen LogP contribution is 2.26. The minimum Gasteiger partial charge on any atom is -0.497 e. The van der Waals surface area contributed by atoms with Crippen molar-refractivity contribution in [3.05, 3.63) is 64.1 Å². The molecule has 28 heavy (non-hydrogen) atoms. The molecule has 6 nitrogen and oxygen atoms in total. The molecule has 0 aliphatic rings. The average Bonchev–Trinajstić information content (AvgIpc) is 3.19. The van der Waals surface area contributed by atoms with Gasteiger partial charge in [0.25, 0.3) is 5.91 Å². The Balaban J connectivity index is 1.58. The minimum atomic E-state index is -0.658. The van der Waals surface area contributed by atoms with E-state index in [0.29, 0.717) is 15.7 Å². The maximum atomic E-state index is 12.2. The van der Waals surface area contributed by atoms with E-state index in [1.54, 1.807) is 30.7 Å². The van der Waals surface area contributed by atoms with E-state index in [-0.39, 0.29) is 5.69 Å². The standard InChI is InChI=1S/C20H17ClN2O4S/c1-12-3-6-14(21)9-16(12)22-18(24)10-27-20(25)17-11-28-19(23-17)13-4-7-15(26-2)8-5-13/h3-9,11H,10H2,1-2H3,(H,22,24). The number of nitrogens with one attached hydrogen (secondary N) is 1. The number of rotatable bonds is 6. The molecular formula is C20H17ClN2O4S. The molecular weight excluding hydrogens is 400 g/mol. The Hall–Kier alpha value is -2.90. The Morgan fingerprint density at radius 1 is 1.18 bits per heavy atom. The van der Waals surface area contributed by atoms with Crippen LogP contribution < -0.4 is 10.1 Å². The lowest BCUT2D eigenvalue weighted by atomic mass is 10.2. The van der Waals surface area contributed by atoms with Crippen molar-refractivity contribution in [2.24, 2.45) is 0 Å². The zero-order valence-corrected chi connectivity index (χ0v) is 16.8. The molecule has 144 valence electrons. The second-order valence-corrected chi connectivity index (χ2v) is 7.14. The van der Waals surface area contributed by atoms with Gasteiger partial charge in [-0.15, -0.1) is 11.3 Å². The van der Waals surface area contributed by atoms with Gasteiger partial charge in [-0.05, 0) is 48.9 Å². The van der Waals surface area contributed by atoms with Crippen molar-refractivity contribution < 1.29 is 19.1 Å². The smallest absolute Gasteiger partial charge is 0.358 e. The zero-order chi connectivity index (χ0) is 20.1. The molecule has 0 aliphatic heterocycles. The summed E-state index contributed by atoms with van der Waals surface area (Å²) in [5.41, 5.74) is 2.44. The Kier molecular flexibility index (Phi) is 6.28. The van der Waals surface area contributed by atoms with E-state index in [9.17, 15) is 9.59 Å². The summed E-state index contributed by atoms with van der Waals surface area (Å²) in [6, 6.07) is 12.5. The van der Waals surface area contributed by atoms with Gasteiger partial charge in [0, 0.05) is 21.7 Å². The van der Waals surface area contributed by atoms with Gasteiger partial charge in [-0.2, -0.15) is 0 Å². The highest BCUT2D eigenvalue weighted by Gasteiger charge is 2.15. The molecule has 2 aromatic carbocycles. The fourth-order valence-corrected chi connectivity index (χ4v) is 3.32. The van der Waals surface area contributed by atoms with E-state index in [0.717, 1.165) is 16.9 Å². The number of carbonyl (C=O) groups excluding carboxylic acids is 2. The number of aryl methyl sites for hydroxylation is 1. The van der Waals surface area contributed by atoms with E-state index in [4.69, 9.17) is 21.1 Å². The van der Waals surface area contributed by atoms with Crippen molar-refractivity contribution in [1.82, 2.24) is 4.98 Å². The van der Waals surface area contributed by atoms with Crippen LogP contribution >= 0.6 is 22.9 Å². The van der Waals surface area contributed by atoms with Gasteiger partial charge >= 0.3 is 5.97 Å². The topological polar surface area (TPSA) is 77.5 Å². The zero-order valence-electron chi connectivity index (χ0n) is 15.2. The molecule has 1 N–H and O–H groups in total. The number of methoxy groups -OCH3 is 1. The number of carbonyl (C=O) groups is 2. The van der Waals surface area contributed by atoms with Crippen molar-refractivity contribution in [2.75, 3.05) is 19.0 Å². The number of nitrogens with zero attached hydrogens (tertiary/aromatic N) is 1. The van der Waals surface area contributed by atoms with Crippen LogP contribution in [0.4, 0.5) is 5.69 Å². The monoisotopic (exact) mass is 416 g/mol. The number of amides is 1. The maximum Gasteiger partial charge on any atom is 0.358 e. The predicted molar refractivity (Wildman–Crippen MR) is 109 cm³/mol. The van der Waals surface area contributed by atoms with E-state index in [1.807, 2.05) is 31.2 Å². The first-order valence-corrected chi connectivity index (χ1v) is 9.55. The predicted octanol–water partition coefficient (Wildman–Crippen LogP) is 4.58. The van der Waals surface area contributed by atoms with Gasteiger partial charge in [0.1, 0.15) is 10.8 Å². The van der Waals surface area contributed by atoms with Gasteiger partial charge in [-0.25, -0.2) is 9.78 Å². The first kappa shape index (κ1) is 19.9. The highest BCUT2D eigenvalue weighted by atomic mass is 35.5. The summed E-state index contributed by atoms with van der Waals surface area (Å²) in [6.07, 6.45) is 0. The number of hydrogen-bond acceptors (Lipinski definition) is 6. The van der Waals surface area contributed by atoms with Crippen molar-refractivity contribution in [3.8, 4) is 16.3 Å². The molecule has 0 bridgehead atoms. The molecule has 0 spiro atoms. The number of benzene rings is 2. The Morgan fingerprint density at radius 2 is 1.93 bits per heavy atom. The first-order chi connectivity index (χ1) is 13.5. The van der Waals surface area contributed by atoms with E-state index in [1.165, 1.54) is 11.3 Å². The second-order valence-electron chi connectivity index (χ2n) is 5.85. The van der Waals surface area contributed by atoms with Crippen LogP contribution in [-0.2, 0) is 9.53 Å². The summed E-state index contributed by atoms with van der Waals surface area (Å²) in [5, 5.41) is 5.45. The van der Waals surface area contributed by atoms with E-state index < -0.39 is 18.5 Å². The van der Waals surface area contributed by atoms with Crippen LogP contribution in [-0.4, -0.2) is 30.6 Å². The summed E-state index contributed by atoms with van der Waals surface area (Å²) in [6.45, 7) is 1.42. The molecule has 1 heterocycles. The third-order valence-electron chi connectivity index (χ3n) is 3.86. The molecule has 0 saturated carbocycles. The lowest BCUT2D eigenvalue weighted by Gasteiger charge is -2.09. The van der Waals surface area contributed by atoms with Crippen LogP contribution in [0.2, 0.25) is 5.02 Å². The van der Waals surface area contributed by atoms with Gasteiger partial charge < -0.3 is 14.8 Å². The van der Waals surface area contributed by atoms with E-state index in [2.05, 4.69) is 10.3 Å². The molecule has 0 atom stereocenters. The molecule has 0 unspecified atom stereocenters. The molecule has 3 rings (SSSR count). The van der Waals surface area contributed by atoms with E-state index >= 15 is 0 Å². The summed E-state index contributed by atoms with van der Waals surface area (Å²) in [4.78, 5) is 28.5. The Labute approximate surface area is 171 Å². The third-order valence-corrected chi connectivity index (χ3v) is 4.98. The molecule has 3 aromatic rings. The number of anilines is 1. The van der Waals surface area contributed by atoms with Crippen LogP contribution in [0.5, 0.6) is 5.75 Å². The molecule has 8 heteroatoms. The van der Waals surface area contributed by atoms with Gasteiger partial charge in [0.2, 0.25) is 0 Å². The molecule has 0 aliphatic carbocycles. The fourth-order valence-electron chi connectivity index (χ4n) is 2.35. The fraction of sp³-hybridized carbons (Fsp3) is 0.150. The highest BCUT2D eigenvalue weighted by molar-refractivity contribution is 7.13. The van der Waals surface area contributed by atoms with Crippen LogP contribution in [0.15, 0.2) is 47.8 Å². The van der Waals surface area contributed by atoms with Crippen molar-refractivity contribution >= 4 is 40.5 Å². The largest absolute Gasteiger partial charge is 0.497 e. The maximum absolute atomic E-state index is 12.2. The van der Waals surface area contributed by atoms with Crippen LogP contribution in [0.1, 0.15) is 16.1 Å². The van der Waals surface area contributed by atoms with Crippen LogP contribution in [0, 0.1) is 6.92 Å². The Bertz CT molecular complexity index is 1000. The minimum absolute atomic E-state index is 0.155. The van der Waals surface area contributed by atoms with Gasteiger partial charge in [-0.3, -0.25) is 4.79 Å². The molecule has 0 fully saturated rings. The summed E-state index contributed by atoms with van der Waals surface area (Å²) >= 11 is 7.24. The lowest BCUT2D eigenvalue weighted by Crippen LogP contribution is -2.21. The third kappa shape index (κ3) is 4.88. The quantitative estimate of drug-likeness (QED) is 0.595. The number of hydrogen-bond donors (Lipinski definition) is 1. The molecule has 0 saturated heterocycles. The number of ether oxygens (including phenoxy) is 2. The summed E-state index contributed by atoms with van der Waals surface area (Å²) in [5.74, 6) is -0.376. The van der Waals surface area contributed by atoms with Crippen molar-refractivity contribution in [3.63, 3.8) is 0 Å². The van der Waals surface area contributed by atoms with Gasteiger partial charge in [-0.1, -0.05) is 17.7 Å². The van der Waals surface area contributed by atoms with Crippen molar-refractivity contribution in [2.45, 2.75) is 6.92 Å². The number of aromatic nitrogens is 1. The normalized spacial score (nSPS) is 10.4. The lowest BCUT2D eigenvalue weighted by molar-refractivity contribution is -0.119. The summed E-state index contributed by atoms with van der Waals surface area (Å²) in [7, 11) is 1.59. The SMILES string of the molecule is COc1ccc(-c2nc(C(=O)OCC(=O)Nc3cc(Cl)ccc3C)cs2)cc1. The molecule has 0 radical (unpaired) electrons. The first-order valence-electron chi connectivity index (χ1n) is 8.29. The number of halogens is 1. The van der Waals surface area contributed by atoms with Crippen LogP contribution in [0.25, 0.3) is 10.6 Å². The molecule has 1 amide bonds. The molecule has 1 aromatic heterocycles. The van der Waals surface area contributed by atoms with Gasteiger partial charge in [0.15, 0.2) is 12.3 Å². The average molecular weight is 417 g/mol. The summed E-state index contributed by atoms with van der Waals surface area (Å²) < 4.78 is 10.2. The number of esters is 1. The van der Waals surface area contributed by atoms with Gasteiger partial charge in [0.05, 0.1) is 7.11 Å². The second kappa shape index (κ2) is 8.86. The Morgan fingerprint density at radius 3 is 2.64 bits per heavy atom. The van der Waals surface area contributed by atoms with Crippen molar-refractivity contribution in [1.29, 1.82) is 0 Å².